The van der Waals surface area contributed by atoms with Crippen molar-refractivity contribution >= 4 is 23.7 Å². The molecule has 29 heavy (non-hydrogen) atoms. The molecule has 1 amide bonds. The minimum Gasteiger partial charge on any atom is -0.478 e. The molecule has 8 heteroatoms. The SMILES string of the molecule is CC1=C(C(=O)O)C=C(Cl)C2O[C@](C)(C3CCC(NC(=O)OC(C)(C)C)CC3)OC12. The Bertz CT molecular complexity index is 747. The van der Waals surface area contributed by atoms with E-state index in [0.29, 0.717) is 10.6 Å². The van der Waals surface area contributed by atoms with Crippen molar-refractivity contribution in [1.82, 2.24) is 5.32 Å². The number of aliphatic carboxylic acids is 1. The van der Waals surface area contributed by atoms with Crippen LogP contribution >= 0.6 is 11.6 Å². The van der Waals surface area contributed by atoms with Gasteiger partial charge in [-0.2, -0.15) is 0 Å². The zero-order valence-electron chi connectivity index (χ0n) is 17.6. The van der Waals surface area contributed by atoms with E-state index in [1.807, 2.05) is 27.7 Å². The van der Waals surface area contributed by atoms with Crippen molar-refractivity contribution in [2.45, 2.75) is 89.9 Å². The second kappa shape index (κ2) is 7.93. The summed E-state index contributed by atoms with van der Waals surface area (Å²) < 4.78 is 17.8. The van der Waals surface area contributed by atoms with Crippen LogP contribution in [0.25, 0.3) is 0 Å². The lowest BCUT2D eigenvalue weighted by Crippen LogP contribution is -2.45. The summed E-state index contributed by atoms with van der Waals surface area (Å²) in [7, 11) is 0. The van der Waals surface area contributed by atoms with E-state index >= 15 is 0 Å². The molecule has 1 aliphatic heterocycles. The molecule has 0 radical (unpaired) electrons. The molecule has 2 aliphatic carbocycles. The van der Waals surface area contributed by atoms with Gasteiger partial charge in [0.2, 0.25) is 0 Å². The molecule has 1 heterocycles. The Labute approximate surface area is 176 Å². The van der Waals surface area contributed by atoms with Crippen LogP contribution in [-0.2, 0) is 19.0 Å². The standard InChI is InChI=1S/C21H30ClNO6/c1-11-14(18(24)25)10-15(22)17-16(11)27-21(5,28-17)12-6-8-13(9-7-12)23-19(26)29-20(2,3)4/h10,12-13,16-17H,6-9H2,1-5H3,(H,23,26)(H,24,25)/t12?,13?,16?,17?,21-/m1/s1. The number of ether oxygens (including phenoxy) is 3. The molecule has 0 aromatic heterocycles. The normalized spacial score (nSPS) is 35.0. The minimum absolute atomic E-state index is 0.0529. The second-order valence-electron chi connectivity index (χ2n) is 9.22. The smallest absolute Gasteiger partial charge is 0.407 e. The molecule has 0 bridgehead atoms. The molecule has 3 atom stereocenters. The third-order valence-electron chi connectivity index (χ3n) is 5.82. The first-order valence-corrected chi connectivity index (χ1v) is 10.4. The highest BCUT2D eigenvalue weighted by molar-refractivity contribution is 6.31. The minimum atomic E-state index is -1.02. The molecule has 162 valence electrons. The number of carbonyl (C=O) groups excluding carboxylic acids is 1. The maximum atomic E-state index is 12.0. The average Bonchev–Trinajstić information content (AvgIpc) is 2.96. The van der Waals surface area contributed by atoms with Gasteiger partial charge in [0.05, 0.1) is 10.6 Å². The average molecular weight is 428 g/mol. The number of carbonyl (C=O) groups is 2. The third-order valence-corrected chi connectivity index (χ3v) is 6.15. The van der Waals surface area contributed by atoms with Crippen molar-refractivity contribution in [2.75, 3.05) is 0 Å². The Balaban J connectivity index is 1.61. The molecule has 1 saturated carbocycles. The molecule has 2 unspecified atom stereocenters. The van der Waals surface area contributed by atoms with Crippen molar-refractivity contribution in [2.24, 2.45) is 5.92 Å². The van der Waals surface area contributed by atoms with Crippen LogP contribution in [0.2, 0.25) is 0 Å². The molecular weight excluding hydrogens is 398 g/mol. The van der Waals surface area contributed by atoms with Crippen molar-refractivity contribution in [3.05, 3.63) is 22.3 Å². The molecule has 3 rings (SSSR count). The van der Waals surface area contributed by atoms with Crippen LogP contribution in [0.15, 0.2) is 22.3 Å². The number of rotatable bonds is 3. The summed E-state index contributed by atoms with van der Waals surface area (Å²) in [6, 6.07) is 0.0529. The zero-order valence-corrected chi connectivity index (χ0v) is 18.3. The van der Waals surface area contributed by atoms with E-state index in [1.165, 1.54) is 6.08 Å². The Hall–Kier alpha value is -1.57. The fourth-order valence-corrected chi connectivity index (χ4v) is 4.59. The lowest BCUT2D eigenvalue weighted by atomic mass is 9.81. The Morgan fingerprint density at radius 1 is 1.21 bits per heavy atom. The van der Waals surface area contributed by atoms with Crippen molar-refractivity contribution in [3.63, 3.8) is 0 Å². The number of carboxylic acid groups (broad SMARTS) is 1. The highest BCUT2D eigenvalue weighted by atomic mass is 35.5. The van der Waals surface area contributed by atoms with Crippen molar-refractivity contribution in [1.29, 1.82) is 0 Å². The third kappa shape index (κ3) is 4.78. The number of hydrogen-bond donors (Lipinski definition) is 2. The van der Waals surface area contributed by atoms with Gasteiger partial charge < -0.3 is 24.6 Å². The Kier molecular flexibility index (Phi) is 6.05. The van der Waals surface area contributed by atoms with Gasteiger partial charge in [0.1, 0.15) is 17.8 Å². The van der Waals surface area contributed by atoms with Gasteiger partial charge in [0.25, 0.3) is 0 Å². The predicted molar refractivity (Wildman–Crippen MR) is 108 cm³/mol. The fraction of sp³-hybridized carbons (Fsp3) is 0.714. The number of fused-ring (bicyclic) bond motifs is 1. The van der Waals surface area contributed by atoms with Gasteiger partial charge in [-0.1, -0.05) is 11.6 Å². The lowest BCUT2D eigenvalue weighted by Gasteiger charge is -2.38. The summed E-state index contributed by atoms with van der Waals surface area (Å²) in [6.07, 6.45) is 3.28. The maximum absolute atomic E-state index is 12.0. The first kappa shape index (κ1) is 22.1. The monoisotopic (exact) mass is 427 g/mol. The summed E-state index contributed by atoms with van der Waals surface area (Å²) in [4.78, 5) is 23.5. The molecule has 7 nitrogen and oxygen atoms in total. The molecule has 1 saturated heterocycles. The number of nitrogens with one attached hydrogen (secondary N) is 1. The van der Waals surface area contributed by atoms with Crippen LogP contribution in [0, 0.1) is 5.92 Å². The largest absolute Gasteiger partial charge is 0.478 e. The van der Waals surface area contributed by atoms with Crippen molar-refractivity contribution < 1.29 is 28.9 Å². The molecule has 3 aliphatic rings. The quantitative estimate of drug-likeness (QED) is 0.703. The number of hydrogen-bond acceptors (Lipinski definition) is 5. The summed E-state index contributed by atoms with van der Waals surface area (Å²) in [6.45, 7) is 9.16. The van der Waals surface area contributed by atoms with Gasteiger partial charge in [-0.05, 0) is 72.0 Å². The van der Waals surface area contributed by atoms with E-state index < -0.39 is 35.7 Å². The van der Waals surface area contributed by atoms with Crippen LogP contribution in [0.5, 0.6) is 0 Å². The van der Waals surface area contributed by atoms with Crippen LogP contribution in [0.3, 0.4) is 0 Å². The van der Waals surface area contributed by atoms with Gasteiger partial charge in [-0.25, -0.2) is 9.59 Å². The van der Waals surface area contributed by atoms with Crippen LogP contribution in [-0.4, -0.2) is 46.8 Å². The highest BCUT2D eigenvalue weighted by Crippen LogP contribution is 2.47. The Morgan fingerprint density at radius 2 is 1.79 bits per heavy atom. The summed E-state index contributed by atoms with van der Waals surface area (Å²) in [5, 5.41) is 12.7. The van der Waals surface area contributed by atoms with E-state index in [9.17, 15) is 14.7 Å². The molecule has 0 aromatic carbocycles. The zero-order chi connectivity index (χ0) is 21.6. The number of halogens is 1. The van der Waals surface area contributed by atoms with Gasteiger partial charge >= 0.3 is 12.1 Å². The summed E-state index contributed by atoms with van der Waals surface area (Å²) in [5.41, 5.74) is 0.258. The van der Waals surface area contributed by atoms with Crippen molar-refractivity contribution in [3.8, 4) is 0 Å². The first-order valence-electron chi connectivity index (χ1n) is 10.1. The second-order valence-corrected chi connectivity index (χ2v) is 9.66. The molecule has 0 aromatic rings. The molecule has 0 spiro atoms. The molecule has 2 N–H and O–H groups in total. The van der Waals surface area contributed by atoms with Crippen LogP contribution < -0.4 is 5.32 Å². The van der Waals surface area contributed by atoms with E-state index in [0.717, 1.165) is 25.7 Å². The lowest BCUT2D eigenvalue weighted by molar-refractivity contribution is -0.200. The van der Waals surface area contributed by atoms with E-state index in [1.54, 1.807) is 6.92 Å². The van der Waals surface area contributed by atoms with E-state index in [4.69, 9.17) is 25.8 Å². The molecular formula is C21H30ClNO6. The van der Waals surface area contributed by atoms with Gasteiger partial charge in [-0.3, -0.25) is 0 Å². The maximum Gasteiger partial charge on any atom is 0.407 e. The van der Waals surface area contributed by atoms with E-state index in [-0.39, 0.29) is 17.5 Å². The van der Waals surface area contributed by atoms with Crippen LogP contribution in [0.1, 0.15) is 60.3 Å². The van der Waals surface area contributed by atoms with Crippen LogP contribution in [0.4, 0.5) is 4.79 Å². The summed E-state index contributed by atoms with van der Waals surface area (Å²) >= 11 is 6.32. The van der Waals surface area contributed by atoms with E-state index in [2.05, 4.69) is 5.32 Å². The Morgan fingerprint density at radius 3 is 2.34 bits per heavy atom. The number of alkyl carbamates (subject to hydrolysis) is 1. The fourth-order valence-electron chi connectivity index (χ4n) is 4.32. The van der Waals surface area contributed by atoms with Gasteiger partial charge in [0, 0.05) is 12.0 Å². The molecule has 2 fully saturated rings. The summed E-state index contributed by atoms with van der Waals surface area (Å²) in [5.74, 6) is -1.75. The predicted octanol–water partition coefficient (Wildman–Crippen LogP) is 4.11. The first-order chi connectivity index (χ1) is 13.4. The highest BCUT2D eigenvalue weighted by Gasteiger charge is 2.52. The number of amides is 1. The van der Waals surface area contributed by atoms with Gasteiger partial charge in [-0.15, -0.1) is 0 Å². The number of carboxylic acids is 1. The van der Waals surface area contributed by atoms with Gasteiger partial charge in [0.15, 0.2) is 5.79 Å². The topological polar surface area (TPSA) is 94.1 Å².